The molecule has 1 heterocycles. The first-order valence-corrected chi connectivity index (χ1v) is 5.55. The number of hydrogen-bond donors (Lipinski definition) is 2. The fourth-order valence-corrected chi connectivity index (χ4v) is 1.56. The first-order valence-electron chi connectivity index (χ1n) is 5.55. The maximum absolute atomic E-state index is 12.0. The Balaban J connectivity index is 2.03. The van der Waals surface area contributed by atoms with E-state index in [-0.39, 0.29) is 12.5 Å². The van der Waals surface area contributed by atoms with Crippen LogP contribution >= 0.6 is 0 Å². The first-order chi connectivity index (χ1) is 8.70. The number of nitrogens with zero attached hydrogens (tertiary/aromatic N) is 2. The van der Waals surface area contributed by atoms with Gasteiger partial charge in [-0.3, -0.25) is 4.79 Å². The van der Waals surface area contributed by atoms with E-state index in [1.165, 1.54) is 0 Å². The lowest BCUT2D eigenvalue weighted by atomic mass is 10.1. The normalized spacial score (nSPS) is 10.1. The maximum atomic E-state index is 12.0. The van der Waals surface area contributed by atoms with Crippen LogP contribution in [0.25, 0.3) is 0 Å². The second-order valence-electron chi connectivity index (χ2n) is 3.71. The van der Waals surface area contributed by atoms with Crippen molar-refractivity contribution in [1.29, 1.82) is 0 Å². The van der Waals surface area contributed by atoms with Crippen LogP contribution in [-0.2, 0) is 6.54 Å². The van der Waals surface area contributed by atoms with Crippen LogP contribution in [0.2, 0.25) is 0 Å². The molecule has 18 heavy (non-hydrogen) atoms. The molecule has 0 radical (unpaired) electrons. The Morgan fingerprint density at radius 2 is 2.17 bits per heavy atom. The number of rotatable bonds is 4. The molecule has 0 aliphatic heterocycles. The van der Waals surface area contributed by atoms with Gasteiger partial charge in [0.1, 0.15) is 0 Å². The molecule has 2 N–H and O–H groups in total. The van der Waals surface area contributed by atoms with Crippen LogP contribution in [0.4, 0.5) is 5.69 Å². The van der Waals surface area contributed by atoms with Crippen molar-refractivity contribution in [3.05, 3.63) is 41.5 Å². The zero-order valence-corrected chi connectivity index (χ0v) is 10.2. The standard InChI is InChI=1S/C12H14N4O2/c1-8-15-11(18-16-8)7-14-12(17)9-5-3-4-6-10(9)13-2/h3-6,13H,7H2,1-2H3,(H,14,17). The van der Waals surface area contributed by atoms with Crippen molar-refractivity contribution in [1.82, 2.24) is 15.5 Å². The van der Waals surface area contributed by atoms with Crippen LogP contribution in [0.5, 0.6) is 0 Å². The van der Waals surface area contributed by atoms with Crippen LogP contribution in [0.1, 0.15) is 22.1 Å². The van der Waals surface area contributed by atoms with Crippen LogP contribution in [-0.4, -0.2) is 23.1 Å². The van der Waals surface area contributed by atoms with Crippen molar-refractivity contribution < 1.29 is 9.32 Å². The van der Waals surface area contributed by atoms with E-state index in [1.807, 2.05) is 18.2 Å². The molecule has 6 nitrogen and oxygen atoms in total. The van der Waals surface area contributed by atoms with Crippen molar-refractivity contribution in [3.63, 3.8) is 0 Å². The molecule has 0 saturated heterocycles. The SMILES string of the molecule is CNc1ccccc1C(=O)NCc1nc(C)no1. The second kappa shape index (κ2) is 5.31. The summed E-state index contributed by atoms with van der Waals surface area (Å²) in [5.74, 6) is 0.758. The first kappa shape index (κ1) is 12.1. The molecule has 0 bridgehead atoms. The van der Waals surface area contributed by atoms with E-state index in [9.17, 15) is 4.79 Å². The van der Waals surface area contributed by atoms with Crippen molar-refractivity contribution >= 4 is 11.6 Å². The third-order valence-electron chi connectivity index (χ3n) is 2.41. The molecule has 94 valence electrons. The molecule has 0 unspecified atom stereocenters. The molecule has 0 saturated carbocycles. The second-order valence-corrected chi connectivity index (χ2v) is 3.71. The van der Waals surface area contributed by atoms with Gasteiger partial charge in [0.25, 0.3) is 5.91 Å². The quantitative estimate of drug-likeness (QED) is 0.851. The zero-order valence-electron chi connectivity index (χ0n) is 10.2. The Morgan fingerprint density at radius 3 is 2.83 bits per heavy atom. The number of aromatic nitrogens is 2. The van der Waals surface area contributed by atoms with Gasteiger partial charge in [-0.15, -0.1) is 0 Å². The minimum atomic E-state index is -0.184. The van der Waals surface area contributed by atoms with Gasteiger partial charge in [0.05, 0.1) is 12.1 Å². The van der Waals surface area contributed by atoms with Crippen molar-refractivity contribution in [2.24, 2.45) is 0 Å². The number of carbonyl (C=O) groups excluding carboxylic acids is 1. The van der Waals surface area contributed by atoms with Crippen molar-refractivity contribution in [2.45, 2.75) is 13.5 Å². The summed E-state index contributed by atoms with van der Waals surface area (Å²) in [6, 6.07) is 7.27. The lowest BCUT2D eigenvalue weighted by Crippen LogP contribution is -2.23. The fraction of sp³-hybridized carbons (Fsp3) is 0.250. The summed E-state index contributed by atoms with van der Waals surface area (Å²) >= 11 is 0. The summed E-state index contributed by atoms with van der Waals surface area (Å²) in [6.45, 7) is 1.95. The molecule has 2 aromatic rings. The predicted molar refractivity (Wildman–Crippen MR) is 66.2 cm³/mol. The van der Waals surface area contributed by atoms with E-state index in [0.717, 1.165) is 5.69 Å². The summed E-state index contributed by atoms with van der Waals surface area (Å²) in [6.07, 6.45) is 0. The molecule has 2 rings (SSSR count). The Hall–Kier alpha value is -2.37. The number of amides is 1. The summed E-state index contributed by atoms with van der Waals surface area (Å²) in [5.41, 5.74) is 1.35. The largest absolute Gasteiger partial charge is 0.387 e. The van der Waals surface area contributed by atoms with Crippen LogP contribution in [0.15, 0.2) is 28.8 Å². The van der Waals surface area contributed by atoms with Gasteiger partial charge in [0, 0.05) is 12.7 Å². The zero-order chi connectivity index (χ0) is 13.0. The predicted octanol–water partition coefficient (Wildman–Crippen LogP) is 1.35. The molecule has 0 aliphatic rings. The molecule has 0 aliphatic carbocycles. The smallest absolute Gasteiger partial charge is 0.253 e. The number of anilines is 1. The van der Waals surface area contributed by atoms with E-state index in [1.54, 1.807) is 20.0 Å². The number of benzene rings is 1. The lowest BCUT2D eigenvalue weighted by molar-refractivity contribution is 0.0947. The lowest BCUT2D eigenvalue weighted by Gasteiger charge is -2.08. The molecule has 0 spiro atoms. The molecule has 1 aromatic carbocycles. The van der Waals surface area contributed by atoms with Gasteiger partial charge in [-0.05, 0) is 19.1 Å². The van der Waals surface area contributed by atoms with Crippen LogP contribution in [0.3, 0.4) is 0 Å². The van der Waals surface area contributed by atoms with E-state index < -0.39 is 0 Å². The van der Waals surface area contributed by atoms with Crippen molar-refractivity contribution in [2.75, 3.05) is 12.4 Å². The average Bonchev–Trinajstić information content (AvgIpc) is 2.81. The van der Waals surface area contributed by atoms with E-state index in [0.29, 0.717) is 17.3 Å². The highest BCUT2D eigenvalue weighted by Gasteiger charge is 2.11. The molecule has 0 fully saturated rings. The Kier molecular flexibility index (Phi) is 3.57. The van der Waals surface area contributed by atoms with Gasteiger partial charge >= 0.3 is 0 Å². The molecule has 1 amide bonds. The Morgan fingerprint density at radius 1 is 1.39 bits per heavy atom. The topological polar surface area (TPSA) is 80.0 Å². The fourth-order valence-electron chi connectivity index (χ4n) is 1.56. The summed E-state index contributed by atoms with van der Waals surface area (Å²) in [4.78, 5) is 16.0. The van der Waals surface area contributed by atoms with Gasteiger partial charge in [-0.1, -0.05) is 17.3 Å². The average molecular weight is 246 g/mol. The number of nitrogens with one attached hydrogen (secondary N) is 2. The number of carbonyl (C=O) groups is 1. The minimum Gasteiger partial charge on any atom is -0.387 e. The van der Waals surface area contributed by atoms with Gasteiger partial charge < -0.3 is 15.2 Å². The highest BCUT2D eigenvalue weighted by atomic mass is 16.5. The summed E-state index contributed by atoms with van der Waals surface area (Å²) < 4.78 is 4.92. The molecule has 6 heteroatoms. The maximum Gasteiger partial charge on any atom is 0.253 e. The summed E-state index contributed by atoms with van der Waals surface area (Å²) in [5, 5.41) is 9.35. The molecule has 1 aromatic heterocycles. The monoisotopic (exact) mass is 246 g/mol. The number of para-hydroxylation sites is 1. The molecule has 0 atom stereocenters. The minimum absolute atomic E-state index is 0.184. The summed E-state index contributed by atoms with van der Waals surface area (Å²) in [7, 11) is 1.77. The Labute approximate surface area is 104 Å². The highest BCUT2D eigenvalue weighted by Crippen LogP contribution is 2.13. The van der Waals surface area contributed by atoms with Gasteiger partial charge in [-0.2, -0.15) is 4.98 Å². The van der Waals surface area contributed by atoms with Crippen molar-refractivity contribution in [3.8, 4) is 0 Å². The van der Waals surface area contributed by atoms with Crippen LogP contribution in [0, 0.1) is 6.92 Å². The third-order valence-corrected chi connectivity index (χ3v) is 2.41. The molecular weight excluding hydrogens is 232 g/mol. The van der Waals surface area contributed by atoms with E-state index >= 15 is 0 Å². The van der Waals surface area contributed by atoms with Gasteiger partial charge in [0.2, 0.25) is 5.89 Å². The van der Waals surface area contributed by atoms with Crippen LogP contribution < -0.4 is 10.6 Å². The Bertz CT molecular complexity index is 551. The number of hydrogen-bond acceptors (Lipinski definition) is 5. The van der Waals surface area contributed by atoms with E-state index in [2.05, 4.69) is 20.8 Å². The molecular formula is C12H14N4O2. The van der Waals surface area contributed by atoms with Gasteiger partial charge in [-0.25, -0.2) is 0 Å². The number of aryl methyl sites for hydroxylation is 1. The van der Waals surface area contributed by atoms with Gasteiger partial charge in [0.15, 0.2) is 5.82 Å². The highest BCUT2D eigenvalue weighted by molar-refractivity contribution is 5.99. The third kappa shape index (κ3) is 2.65. The van der Waals surface area contributed by atoms with E-state index in [4.69, 9.17) is 4.52 Å².